The molecule has 1 aromatic heterocycles. The van der Waals surface area contributed by atoms with Gasteiger partial charge in [-0.05, 0) is 43.7 Å². The van der Waals surface area contributed by atoms with Crippen LogP contribution in [0.5, 0.6) is 0 Å². The van der Waals surface area contributed by atoms with Gasteiger partial charge in [0.25, 0.3) is 0 Å². The zero-order valence-corrected chi connectivity index (χ0v) is 18.0. The van der Waals surface area contributed by atoms with Crippen LogP contribution < -0.4 is 0 Å². The zero-order valence-electron chi connectivity index (χ0n) is 18.0. The standard InChI is InChI=1S/C23H36N2O4/c1-18(2)14-25(23(27)19-8-4-3-5-9-19)17-22(26)24(15-20-10-6-12-28-20)16-21-11-7-13-29-21/h6,10,12,18-19,21H,3-5,7-9,11,13-17H2,1-2H3/t21-/m1/s1. The Morgan fingerprint density at radius 3 is 2.52 bits per heavy atom. The predicted octanol–water partition coefficient (Wildman–Crippen LogP) is 3.85. The topological polar surface area (TPSA) is 63.0 Å². The van der Waals surface area contributed by atoms with Crippen LogP contribution in [0.15, 0.2) is 22.8 Å². The van der Waals surface area contributed by atoms with Crippen molar-refractivity contribution in [1.82, 2.24) is 9.80 Å². The molecule has 0 aromatic carbocycles. The average Bonchev–Trinajstić information content (AvgIpc) is 3.41. The minimum Gasteiger partial charge on any atom is -0.467 e. The van der Waals surface area contributed by atoms with Crippen LogP contribution in [-0.4, -0.2) is 54.0 Å². The molecule has 0 radical (unpaired) electrons. The maximum absolute atomic E-state index is 13.3. The van der Waals surface area contributed by atoms with Gasteiger partial charge in [-0.15, -0.1) is 0 Å². The van der Waals surface area contributed by atoms with Crippen molar-refractivity contribution in [2.45, 2.75) is 71.4 Å². The van der Waals surface area contributed by atoms with E-state index in [-0.39, 0.29) is 30.4 Å². The summed E-state index contributed by atoms with van der Waals surface area (Å²) in [5.41, 5.74) is 0. The molecule has 6 heteroatoms. The summed E-state index contributed by atoms with van der Waals surface area (Å²) in [4.78, 5) is 30.0. The number of carbonyl (C=O) groups excluding carboxylic acids is 2. The fraction of sp³-hybridized carbons (Fsp3) is 0.739. The van der Waals surface area contributed by atoms with Crippen molar-refractivity contribution in [2.75, 3.05) is 26.2 Å². The van der Waals surface area contributed by atoms with Crippen LogP contribution in [0, 0.1) is 11.8 Å². The van der Waals surface area contributed by atoms with E-state index in [0.29, 0.717) is 25.6 Å². The molecule has 162 valence electrons. The largest absolute Gasteiger partial charge is 0.467 e. The van der Waals surface area contributed by atoms with Gasteiger partial charge in [0.05, 0.1) is 25.5 Å². The Bertz CT molecular complexity index is 631. The molecular weight excluding hydrogens is 368 g/mol. The van der Waals surface area contributed by atoms with Crippen LogP contribution in [0.25, 0.3) is 0 Å². The molecule has 0 spiro atoms. The number of nitrogens with zero attached hydrogens (tertiary/aromatic N) is 2. The Balaban J connectivity index is 1.67. The molecule has 1 saturated heterocycles. The molecular formula is C23H36N2O4. The number of hydrogen-bond donors (Lipinski definition) is 0. The minimum atomic E-state index is -0.0262. The highest BCUT2D eigenvalue weighted by atomic mass is 16.5. The van der Waals surface area contributed by atoms with E-state index in [1.54, 1.807) is 16.1 Å². The van der Waals surface area contributed by atoms with E-state index in [0.717, 1.165) is 50.9 Å². The number of hydrogen-bond acceptors (Lipinski definition) is 4. The molecule has 2 aliphatic rings. The normalized spacial score (nSPS) is 20.2. The molecule has 0 bridgehead atoms. The molecule has 1 aromatic rings. The van der Waals surface area contributed by atoms with Crippen molar-refractivity contribution < 1.29 is 18.7 Å². The maximum Gasteiger partial charge on any atom is 0.242 e. The molecule has 0 N–H and O–H groups in total. The summed E-state index contributed by atoms with van der Waals surface area (Å²) >= 11 is 0. The highest BCUT2D eigenvalue weighted by Gasteiger charge is 2.30. The van der Waals surface area contributed by atoms with E-state index in [1.165, 1.54) is 6.42 Å². The molecule has 3 rings (SSSR count). The van der Waals surface area contributed by atoms with E-state index in [2.05, 4.69) is 13.8 Å². The van der Waals surface area contributed by atoms with E-state index in [9.17, 15) is 9.59 Å². The van der Waals surface area contributed by atoms with Gasteiger partial charge in [-0.1, -0.05) is 33.1 Å². The monoisotopic (exact) mass is 404 g/mol. The Morgan fingerprint density at radius 2 is 1.90 bits per heavy atom. The fourth-order valence-electron chi connectivity index (χ4n) is 4.42. The highest BCUT2D eigenvalue weighted by Crippen LogP contribution is 2.26. The second-order valence-electron chi connectivity index (χ2n) is 8.94. The number of ether oxygens (including phenoxy) is 1. The first-order valence-electron chi connectivity index (χ1n) is 11.2. The molecule has 1 atom stereocenters. The molecule has 29 heavy (non-hydrogen) atoms. The Hall–Kier alpha value is -1.82. The highest BCUT2D eigenvalue weighted by molar-refractivity contribution is 5.86. The van der Waals surface area contributed by atoms with E-state index < -0.39 is 0 Å². The summed E-state index contributed by atoms with van der Waals surface area (Å²) < 4.78 is 11.2. The average molecular weight is 405 g/mol. The number of amides is 2. The van der Waals surface area contributed by atoms with Crippen molar-refractivity contribution in [2.24, 2.45) is 11.8 Å². The first-order chi connectivity index (χ1) is 14.0. The molecule has 2 heterocycles. The maximum atomic E-state index is 13.3. The molecule has 0 unspecified atom stereocenters. The summed E-state index contributed by atoms with van der Waals surface area (Å²) in [5, 5.41) is 0. The van der Waals surface area contributed by atoms with E-state index in [4.69, 9.17) is 9.15 Å². The third-order valence-corrected chi connectivity index (χ3v) is 5.91. The summed E-state index contributed by atoms with van der Waals surface area (Å²) in [6.45, 7) is 6.67. The quantitative estimate of drug-likeness (QED) is 0.627. The number of carbonyl (C=O) groups is 2. The molecule has 1 aliphatic carbocycles. The van der Waals surface area contributed by atoms with Gasteiger partial charge in [0.15, 0.2) is 0 Å². The Labute approximate surface area is 174 Å². The van der Waals surface area contributed by atoms with Crippen LogP contribution in [0.1, 0.15) is 64.6 Å². The third-order valence-electron chi connectivity index (χ3n) is 5.91. The van der Waals surface area contributed by atoms with Crippen LogP contribution in [0.3, 0.4) is 0 Å². The first kappa shape index (κ1) is 21.9. The molecule has 2 amide bonds. The van der Waals surface area contributed by atoms with Crippen molar-refractivity contribution in [3.63, 3.8) is 0 Å². The van der Waals surface area contributed by atoms with E-state index >= 15 is 0 Å². The third kappa shape index (κ3) is 6.59. The summed E-state index contributed by atoms with van der Waals surface area (Å²) in [6.07, 6.45) is 9.05. The predicted molar refractivity (Wildman–Crippen MR) is 111 cm³/mol. The second-order valence-corrected chi connectivity index (χ2v) is 8.94. The summed E-state index contributed by atoms with van der Waals surface area (Å²) in [7, 11) is 0. The molecule has 1 saturated carbocycles. The van der Waals surface area contributed by atoms with Gasteiger partial charge in [0.2, 0.25) is 11.8 Å². The Morgan fingerprint density at radius 1 is 1.10 bits per heavy atom. The lowest BCUT2D eigenvalue weighted by molar-refractivity contribution is -0.145. The first-order valence-corrected chi connectivity index (χ1v) is 11.2. The van der Waals surface area contributed by atoms with Crippen LogP contribution in [-0.2, 0) is 20.9 Å². The molecule has 6 nitrogen and oxygen atoms in total. The zero-order chi connectivity index (χ0) is 20.6. The van der Waals surface area contributed by atoms with Crippen molar-refractivity contribution in [3.05, 3.63) is 24.2 Å². The molecule has 1 aliphatic heterocycles. The van der Waals surface area contributed by atoms with Crippen LogP contribution >= 0.6 is 0 Å². The van der Waals surface area contributed by atoms with Gasteiger partial charge in [-0.2, -0.15) is 0 Å². The van der Waals surface area contributed by atoms with Gasteiger partial charge in [-0.3, -0.25) is 9.59 Å². The summed E-state index contributed by atoms with van der Waals surface area (Å²) in [6, 6.07) is 3.72. The molecule has 2 fully saturated rings. The fourth-order valence-corrected chi connectivity index (χ4v) is 4.42. The minimum absolute atomic E-state index is 0.0262. The van der Waals surface area contributed by atoms with Gasteiger partial charge in [0.1, 0.15) is 5.76 Å². The van der Waals surface area contributed by atoms with Gasteiger partial charge in [0, 0.05) is 25.6 Å². The van der Waals surface area contributed by atoms with Crippen LogP contribution in [0.2, 0.25) is 0 Å². The summed E-state index contributed by atoms with van der Waals surface area (Å²) in [5.74, 6) is 1.29. The van der Waals surface area contributed by atoms with Gasteiger partial charge >= 0.3 is 0 Å². The van der Waals surface area contributed by atoms with Crippen molar-refractivity contribution in [1.29, 1.82) is 0 Å². The second kappa shape index (κ2) is 10.8. The van der Waals surface area contributed by atoms with Gasteiger partial charge < -0.3 is 19.0 Å². The van der Waals surface area contributed by atoms with E-state index in [1.807, 2.05) is 12.1 Å². The van der Waals surface area contributed by atoms with Gasteiger partial charge in [-0.25, -0.2) is 0 Å². The lowest BCUT2D eigenvalue weighted by atomic mass is 9.88. The van der Waals surface area contributed by atoms with Crippen molar-refractivity contribution in [3.8, 4) is 0 Å². The lowest BCUT2D eigenvalue weighted by Crippen LogP contribution is -2.47. The smallest absolute Gasteiger partial charge is 0.242 e. The van der Waals surface area contributed by atoms with Crippen LogP contribution in [0.4, 0.5) is 0 Å². The Kier molecular flexibility index (Phi) is 8.16. The number of furan rings is 1. The number of rotatable bonds is 9. The SMILES string of the molecule is CC(C)CN(CC(=O)N(Cc1ccco1)C[C@H]1CCCO1)C(=O)C1CCCCC1. The lowest BCUT2D eigenvalue weighted by Gasteiger charge is -2.32. The van der Waals surface area contributed by atoms with Crippen molar-refractivity contribution >= 4 is 11.8 Å².